The van der Waals surface area contributed by atoms with E-state index in [4.69, 9.17) is 0 Å². The zero-order chi connectivity index (χ0) is 12.0. The lowest BCUT2D eigenvalue weighted by molar-refractivity contribution is -0.110. The molecular weight excluding hydrogens is 204 g/mol. The van der Waals surface area contributed by atoms with Gasteiger partial charge in [0.05, 0.1) is 12.7 Å². The molecule has 0 N–H and O–H groups in total. The maximum atomic E-state index is 11.4. The Balaban J connectivity index is 3.04. The smallest absolute Gasteiger partial charge is 0.338 e. The van der Waals surface area contributed by atoms with Crippen molar-refractivity contribution in [2.75, 3.05) is 7.11 Å². The quantitative estimate of drug-likeness (QED) is 0.572. The molecule has 1 aromatic rings. The van der Waals surface area contributed by atoms with Gasteiger partial charge in [-0.3, -0.25) is 4.79 Å². The molecule has 0 heterocycles. The molecule has 0 atom stereocenters. The van der Waals surface area contributed by atoms with Crippen LogP contribution >= 0.6 is 0 Å². The van der Waals surface area contributed by atoms with E-state index in [0.717, 1.165) is 0 Å². The number of esters is 1. The zero-order valence-corrected chi connectivity index (χ0v) is 8.97. The number of ether oxygens (including phenoxy) is 1. The molecule has 0 saturated heterocycles. The number of rotatable bonds is 4. The highest BCUT2D eigenvalue weighted by Crippen LogP contribution is 2.11. The molecule has 0 spiro atoms. The van der Waals surface area contributed by atoms with Crippen molar-refractivity contribution < 1.29 is 14.3 Å². The molecule has 0 radical (unpaired) electrons. The lowest BCUT2D eigenvalue weighted by Crippen LogP contribution is -2.03. The normalized spacial score (nSPS) is 10.1. The summed E-state index contributed by atoms with van der Waals surface area (Å²) in [6, 6.07) is 6.90. The Labute approximate surface area is 94.0 Å². The summed E-state index contributed by atoms with van der Waals surface area (Å²) in [6.45, 7) is 3.35. The van der Waals surface area contributed by atoms with Gasteiger partial charge in [-0.15, -0.1) is 0 Å². The minimum absolute atomic E-state index is 0.209. The predicted octanol–water partition coefficient (Wildman–Crippen LogP) is 2.24. The SMILES string of the molecule is C=CC(=O)/C=C/c1ccccc1C(=O)OC. The van der Waals surface area contributed by atoms with E-state index in [1.807, 2.05) is 0 Å². The first-order valence-electron chi connectivity index (χ1n) is 4.71. The fourth-order valence-corrected chi connectivity index (χ4v) is 1.18. The van der Waals surface area contributed by atoms with Crippen LogP contribution in [0.3, 0.4) is 0 Å². The molecule has 0 aliphatic heterocycles. The second-order valence-electron chi connectivity index (χ2n) is 3.02. The van der Waals surface area contributed by atoms with Crippen molar-refractivity contribution in [3.8, 4) is 0 Å². The molecular formula is C13H12O3. The Bertz CT molecular complexity index is 444. The van der Waals surface area contributed by atoms with Crippen LogP contribution in [0.2, 0.25) is 0 Å². The molecule has 0 saturated carbocycles. The van der Waals surface area contributed by atoms with E-state index in [1.165, 1.54) is 19.3 Å². The average Bonchev–Trinajstić information content (AvgIpc) is 2.35. The van der Waals surface area contributed by atoms with Gasteiger partial charge in [0.25, 0.3) is 0 Å². The van der Waals surface area contributed by atoms with Crippen LogP contribution in [-0.4, -0.2) is 18.9 Å². The van der Waals surface area contributed by atoms with Gasteiger partial charge in [0, 0.05) is 0 Å². The third-order valence-corrected chi connectivity index (χ3v) is 1.99. The molecule has 0 amide bonds. The Morgan fingerprint density at radius 1 is 1.31 bits per heavy atom. The average molecular weight is 216 g/mol. The fraction of sp³-hybridized carbons (Fsp3) is 0.0769. The van der Waals surface area contributed by atoms with E-state index in [-0.39, 0.29) is 5.78 Å². The van der Waals surface area contributed by atoms with Gasteiger partial charge < -0.3 is 4.74 Å². The van der Waals surface area contributed by atoms with Crippen LogP contribution in [0.1, 0.15) is 15.9 Å². The van der Waals surface area contributed by atoms with Gasteiger partial charge >= 0.3 is 5.97 Å². The third kappa shape index (κ3) is 2.92. The van der Waals surface area contributed by atoms with Gasteiger partial charge in [0.1, 0.15) is 0 Å². The van der Waals surface area contributed by atoms with Crippen molar-refractivity contribution in [3.63, 3.8) is 0 Å². The molecule has 0 aliphatic carbocycles. The van der Waals surface area contributed by atoms with E-state index in [1.54, 1.807) is 30.3 Å². The van der Waals surface area contributed by atoms with Gasteiger partial charge in [-0.25, -0.2) is 4.79 Å². The first-order valence-corrected chi connectivity index (χ1v) is 4.71. The molecule has 1 aromatic carbocycles. The Morgan fingerprint density at radius 2 is 2.00 bits per heavy atom. The molecule has 0 bridgehead atoms. The van der Waals surface area contributed by atoms with E-state index >= 15 is 0 Å². The van der Waals surface area contributed by atoms with Gasteiger partial charge in [0.2, 0.25) is 0 Å². The van der Waals surface area contributed by atoms with Crippen LogP contribution in [0.15, 0.2) is 43.0 Å². The minimum Gasteiger partial charge on any atom is -0.465 e. The molecule has 82 valence electrons. The fourth-order valence-electron chi connectivity index (χ4n) is 1.18. The van der Waals surface area contributed by atoms with Crippen molar-refractivity contribution >= 4 is 17.8 Å². The highest BCUT2D eigenvalue weighted by atomic mass is 16.5. The van der Waals surface area contributed by atoms with Crippen LogP contribution in [0.25, 0.3) is 6.08 Å². The van der Waals surface area contributed by atoms with Crippen LogP contribution < -0.4 is 0 Å². The highest BCUT2D eigenvalue weighted by molar-refractivity contribution is 6.03. The van der Waals surface area contributed by atoms with Crippen LogP contribution in [-0.2, 0) is 9.53 Å². The van der Waals surface area contributed by atoms with Crippen molar-refractivity contribution in [2.24, 2.45) is 0 Å². The van der Waals surface area contributed by atoms with E-state index in [0.29, 0.717) is 11.1 Å². The zero-order valence-electron chi connectivity index (χ0n) is 8.97. The summed E-state index contributed by atoms with van der Waals surface area (Å²) in [7, 11) is 1.32. The Morgan fingerprint density at radius 3 is 2.62 bits per heavy atom. The number of hydrogen-bond donors (Lipinski definition) is 0. The van der Waals surface area contributed by atoms with Crippen LogP contribution in [0.4, 0.5) is 0 Å². The van der Waals surface area contributed by atoms with Crippen molar-refractivity contribution in [1.82, 2.24) is 0 Å². The number of carbonyl (C=O) groups excluding carboxylic acids is 2. The largest absolute Gasteiger partial charge is 0.465 e. The van der Waals surface area contributed by atoms with Crippen LogP contribution in [0, 0.1) is 0 Å². The number of methoxy groups -OCH3 is 1. The van der Waals surface area contributed by atoms with Crippen molar-refractivity contribution in [3.05, 3.63) is 54.1 Å². The summed E-state index contributed by atoms with van der Waals surface area (Å²) in [5, 5.41) is 0. The molecule has 16 heavy (non-hydrogen) atoms. The van der Waals surface area contributed by atoms with Gasteiger partial charge in [-0.1, -0.05) is 30.9 Å². The monoisotopic (exact) mass is 216 g/mol. The third-order valence-electron chi connectivity index (χ3n) is 1.99. The molecule has 0 aliphatic rings. The summed E-state index contributed by atoms with van der Waals surface area (Å²) in [5.41, 5.74) is 1.07. The summed E-state index contributed by atoms with van der Waals surface area (Å²) in [4.78, 5) is 22.4. The van der Waals surface area contributed by atoms with E-state index in [2.05, 4.69) is 11.3 Å². The topological polar surface area (TPSA) is 43.4 Å². The van der Waals surface area contributed by atoms with E-state index < -0.39 is 5.97 Å². The number of hydrogen-bond acceptors (Lipinski definition) is 3. The lowest BCUT2D eigenvalue weighted by atomic mass is 10.1. The first kappa shape index (κ1) is 11.9. The molecule has 3 heteroatoms. The highest BCUT2D eigenvalue weighted by Gasteiger charge is 2.08. The lowest BCUT2D eigenvalue weighted by Gasteiger charge is -2.02. The van der Waals surface area contributed by atoms with Crippen LogP contribution in [0.5, 0.6) is 0 Å². The number of benzene rings is 1. The minimum atomic E-state index is -0.425. The predicted molar refractivity (Wildman–Crippen MR) is 62.0 cm³/mol. The summed E-state index contributed by atoms with van der Waals surface area (Å²) in [6.07, 6.45) is 4.13. The molecule has 0 aromatic heterocycles. The van der Waals surface area contributed by atoms with Crippen molar-refractivity contribution in [1.29, 1.82) is 0 Å². The molecule has 0 unspecified atom stereocenters. The van der Waals surface area contributed by atoms with Gasteiger partial charge in [-0.05, 0) is 23.8 Å². The summed E-state index contributed by atoms with van der Waals surface area (Å²) >= 11 is 0. The number of ketones is 1. The second kappa shape index (κ2) is 5.66. The van der Waals surface area contributed by atoms with Gasteiger partial charge in [-0.2, -0.15) is 0 Å². The molecule has 0 fully saturated rings. The first-order chi connectivity index (χ1) is 7.69. The van der Waals surface area contributed by atoms with E-state index in [9.17, 15) is 9.59 Å². The van der Waals surface area contributed by atoms with Crippen molar-refractivity contribution in [2.45, 2.75) is 0 Å². The number of allylic oxidation sites excluding steroid dienone is 2. The molecule has 3 nitrogen and oxygen atoms in total. The Hall–Kier alpha value is -2.16. The second-order valence-corrected chi connectivity index (χ2v) is 3.02. The maximum absolute atomic E-state index is 11.4. The number of carbonyl (C=O) groups is 2. The molecule has 1 rings (SSSR count). The summed E-state index contributed by atoms with van der Waals surface area (Å²) in [5.74, 6) is -0.633. The standard InChI is InChI=1S/C13H12O3/c1-3-11(14)9-8-10-6-4-5-7-12(10)13(15)16-2/h3-9H,1H2,2H3/b9-8+. The Kier molecular flexibility index (Phi) is 4.21. The van der Waals surface area contributed by atoms with Gasteiger partial charge in [0.15, 0.2) is 5.78 Å². The summed E-state index contributed by atoms with van der Waals surface area (Å²) < 4.78 is 4.63. The maximum Gasteiger partial charge on any atom is 0.338 e.